The van der Waals surface area contributed by atoms with Gasteiger partial charge in [0.05, 0.1) is 10.9 Å². The second kappa shape index (κ2) is 10.5. The number of benzene rings is 3. The third kappa shape index (κ3) is 6.23. The minimum Gasteiger partial charge on any atom is -0.396 e. The van der Waals surface area contributed by atoms with Crippen LogP contribution in [-0.2, 0) is 16.4 Å². The van der Waals surface area contributed by atoms with Crippen molar-refractivity contribution in [1.82, 2.24) is 5.32 Å². The van der Waals surface area contributed by atoms with Crippen LogP contribution >= 0.6 is 11.6 Å². The summed E-state index contributed by atoms with van der Waals surface area (Å²) in [6, 6.07) is 19.1. The van der Waals surface area contributed by atoms with Gasteiger partial charge in [-0.15, -0.1) is 0 Å². The van der Waals surface area contributed by atoms with Gasteiger partial charge in [0.25, 0.3) is 10.0 Å². The van der Waals surface area contributed by atoms with Crippen LogP contribution in [0.1, 0.15) is 24.1 Å². The summed E-state index contributed by atoms with van der Waals surface area (Å²) in [7, 11) is -3.79. The molecule has 0 unspecified atom stereocenters. The second-order valence-corrected chi connectivity index (χ2v) is 9.23. The van der Waals surface area contributed by atoms with Crippen LogP contribution in [0.4, 0.5) is 16.2 Å². The third-order valence-corrected chi connectivity index (χ3v) is 6.49. The van der Waals surface area contributed by atoms with Crippen molar-refractivity contribution in [3.63, 3.8) is 0 Å². The number of halogens is 1. The molecule has 0 saturated heterocycles. The van der Waals surface area contributed by atoms with Crippen molar-refractivity contribution in [2.45, 2.75) is 24.3 Å². The maximum absolute atomic E-state index is 12.6. The molecule has 7 nitrogen and oxygen atoms in total. The zero-order chi connectivity index (χ0) is 23.1. The molecule has 3 aromatic carbocycles. The van der Waals surface area contributed by atoms with Crippen molar-refractivity contribution in [2.75, 3.05) is 16.6 Å². The summed E-state index contributed by atoms with van der Waals surface area (Å²) >= 11 is 6.16. The van der Waals surface area contributed by atoms with Crippen molar-refractivity contribution in [3.8, 4) is 0 Å². The van der Waals surface area contributed by atoms with E-state index in [1.54, 1.807) is 30.3 Å². The number of hydrogen-bond acceptors (Lipinski definition) is 4. The van der Waals surface area contributed by atoms with Gasteiger partial charge in [-0.1, -0.05) is 41.9 Å². The Bertz CT molecular complexity index is 1170. The Morgan fingerprint density at radius 1 is 0.969 bits per heavy atom. The first-order chi connectivity index (χ1) is 15.3. The summed E-state index contributed by atoms with van der Waals surface area (Å²) in [5, 5.41) is 15.0. The first-order valence-electron chi connectivity index (χ1n) is 9.93. The van der Waals surface area contributed by atoms with Crippen LogP contribution in [0.2, 0.25) is 5.02 Å². The molecule has 0 spiro atoms. The molecule has 0 aromatic heterocycles. The molecule has 3 rings (SSSR count). The smallest absolute Gasteiger partial charge is 0.319 e. The first-order valence-corrected chi connectivity index (χ1v) is 11.8. The zero-order valence-electron chi connectivity index (χ0n) is 17.4. The van der Waals surface area contributed by atoms with Crippen LogP contribution in [0.15, 0.2) is 77.7 Å². The van der Waals surface area contributed by atoms with E-state index in [0.717, 1.165) is 11.1 Å². The van der Waals surface area contributed by atoms with Crippen LogP contribution < -0.4 is 15.4 Å². The molecule has 0 aliphatic carbocycles. The predicted octanol–water partition coefficient (Wildman–Crippen LogP) is 4.56. The molecule has 168 valence electrons. The van der Waals surface area contributed by atoms with Gasteiger partial charge in [0.1, 0.15) is 0 Å². The molecule has 0 bridgehead atoms. The standard InChI is InChI=1S/C23H24ClN3O4S/c1-16(21-4-2-3-5-22(21)24)25-23(29)26-18-10-12-20(13-11-18)32(30,31)27-19-8-6-17(7-9-19)14-15-28/h2-13,16,27-28H,14-15H2,1H3,(H2,25,26,29)/t16-/m0/s1. The molecule has 3 aromatic rings. The molecular formula is C23H24ClN3O4S. The van der Waals surface area contributed by atoms with Crippen molar-refractivity contribution in [1.29, 1.82) is 0 Å². The van der Waals surface area contributed by atoms with E-state index in [2.05, 4.69) is 15.4 Å². The highest BCUT2D eigenvalue weighted by atomic mass is 35.5. The van der Waals surface area contributed by atoms with Gasteiger partial charge < -0.3 is 15.7 Å². The normalized spacial score (nSPS) is 12.1. The van der Waals surface area contributed by atoms with E-state index in [1.807, 2.05) is 25.1 Å². The second-order valence-electron chi connectivity index (χ2n) is 7.14. The molecule has 4 N–H and O–H groups in total. The highest BCUT2D eigenvalue weighted by Crippen LogP contribution is 2.23. The molecule has 0 saturated carbocycles. The molecule has 2 amide bonds. The fraction of sp³-hybridized carbons (Fsp3) is 0.174. The molecule has 0 aliphatic rings. The Morgan fingerprint density at radius 2 is 1.59 bits per heavy atom. The lowest BCUT2D eigenvalue weighted by atomic mass is 10.1. The largest absolute Gasteiger partial charge is 0.396 e. The van der Waals surface area contributed by atoms with Gasteiger partial charge in [0.2, 0.25) is 0 Å². The summed E-state index contributed by atoms with van der Waals surface area (Å²) < 4.78 is 27.7. The number of sulfonamides is 1. The van der Waals surface area contributed by atoms with Crippen LogP contribution in [0.5, 0.6) is 0 Å². The summed E-state index contributed by atoms with van der Waals surface area (Å²) in [5.74, 6) is 0. The molecular weight excluding hydrogens is 450 g/mol. The summed E-state index contributed by atoms with van der Waals surface area (Å²) in [5.41, 5.74) is 2.57. The van der Waals surface area contributed by atoms with Gasteiger partial charge in [-0.25, -0.2) is 13.2 Å². The number of anilines is 2. The Hall–Kier alpha value is -3.07. The van der Waals surface area contributed by atoms with Crippen LogP contribution in [-0.4, -0.2) is 26.2 Å². The van der Waals surface area contributed by atoms with Gasteiger partial charge in [0.15, 0.2) is 0 Å². The lowest BCUT2D eigenvalue weighted by Gasteiger charge is -2.16. The van der Waals surface area contributed by atoms with Crippen molar-refractivity contribution in [2.24, 2.45) is 0 Å². The van der Waals surface area contributed by atoms with E-state index in [0.29, 0.717) is 22.8 Å². The topological polar surface area (TPSA) is 108 Å². The summed E-state index contributed by atoms with van der Waals surface area (Å²) in [4.78, 5) is 12.4. The number of urea groups is 1. The van der Waals surface area contributed by atoms with E-state index in [-0.39, 0.29) is 17.5 Å². The number of aliphatic hydroxyl groups is 1. The summed E-state index contributed by atoms with van der Waals surface area (Å²) in [6.45, 7) is 1.85. The van der Waals surface area contributed by atoms with Gasteiger partial charge in [0, 0.05) is 23.0 Å². The molecule has 0 heterocycles. The molecule has 9 heteroatoms. The highest BCUT2D eigenvalue weighted by molar-refractivity contribution is 7.92. The molecule has 0 fully saturated rings. The Labute approximate surface area is 192 Å². The Kier molecular flexibility index (Phi) is 7.74. The van der Waals surface area contributed by atoms with Crippen LogP contribution in [0, 0.1) is 0 Å². The van der Waals surface area contributed by atoms with Gasteiger partial charge in [-0.2, -0.15) is 0 Å². The van der Waals surface area contributed by atoms with E-state index in [4.69, 9.17) is 16.7 Å². The molecule has 1 atom stereocenters. The molecule has 32 heavy (non-hydrogen) atoms. The average molecular weight is 474 g/mol. The lowest BCUT2D eigenvalue weighted by molar-refractivity contribution is 0.249. The highest BCUT2D eigenvalue weighted by Gasteiger charge is 2.15. The summed E-state index contributed by atoms with van der Waals surface area (Å²) in [6.07, 6.45) is 0.506. The lowest BCUT2D eigenvalue weighted by Crippen LogP contribution is -2.31. The van der Waals surface area contributed by atoms with Gasteiger partial charge >= 0.3 is 6.03 Å². The number of nitrogens with one attached hydrogen (secondary N) is 3. The quantitative estimate of drug-likeness (QED) is 0.384. The van der Waals surface area contributed by atoms with Crippen LogP contribution in [0.3, 0.4) is 0 Å². The number of rotatable bonds is 8. The first kappa shape index (κ1) is 23.6. The average Bonchev–Trinajstić information content (AvgIpc) is 2.75. The fourth-order valence-corrected chi connectivity index (χ4v) is 4.43. The maximum atomic E-state index is 12.6. The number of hydrogen-bond donors (Lipinski definition) is 4. The van der Waals surface area contributed by atoms with E-state index >= 15 is 0 Å². The Morgan fingerprint density at radius 3 is 2.22 bits per heavy atom. The minimum absolute atomic E-state index is 0.0302. The van der Waals surface area contributed by atoms with Crippen LogP contribution in [0.25, 0.3) is 0 Å². The van der Waals surface area contributed by atoms with Crippen molar-refractivity contribution >= 4 is 39.0 Å². The van der Waals surface area contributed by atoms with E-state index < -0.39 is 16.1 Å². The minimum atomic E-state index is -3.79. The van der Waals surface area contributed by atoms with E-state index in [1.165, 1.54) is 24.3 Å². The van der Waals surface area contributed by atoms with Crippen molar-refractivity contribution in [3.05, 3.63) is 88.9 Å². The fourth-order valence-electron chi connectivity index (χ4n) is 3.07. The number of carbonyl (C=O) groups excluding carboxylic acids is 1. The van der Waals surface area contributed by atoms with E-state index in [9.17, 15) is 13.2 Å². The predicted molar refractivity (Wildman–Crippen MR) is 127 cm³/mol. The van der Waals surface area contributed by atoms with Crippen molar-refractivity contribution < 1.29 is 18.3 Å². The number of aliphatic hydroxyl groups excluding tert-OH is 1. The number of amides is 2. The number of carbonyl (C=O) groups is 1. The Balaban J connectivity index is 1.61. The monoisotopic (exact) mass is 473 g/mol. The molecule has 0 aliphatic heterocycles. The van der Waals surface area contributed by atoms with Gasteiger partial charge in [-0.05, 0) is 66.9 Å². The third-order valence-electron chi connectivity index (χ3n) is 4.75. The SMILES string of the molecule is C[C@H](NC(=O)Nc1ccc(S(=O)(=O)Nc2ccc(CCO)cc2)cc1)c1ccccc1Cl. The zero-order valence-corrected chi connectivity index (χ0v) is 19.0. The maximum Gasteiger partial charge on any atom is 0.319 e. The van der Waals surface area contributed by atoms with Gasteiger partial charge in [-0.3, -0.25) is 4.72 Å². The molecule has 0 radical (unpaired) electrons.